The molecule has 1 atom stereocenters. The van der Waals surface area contributed by atoms with E-state index in [9.17, 15) is 24.6 Å². The van der Waals surface area contributed by atoms with Crippen molar-refractivity contribution in [2.24, 2.45) is 12.8 Å². The van der Waals surface area contributed by atoms with Gasteiger partial charge in [-0.3, -0.25) is 4.79 Å². The summed E-state index contributed by atoms with van der Waals surface area (Å²) in [6.07, 6.45) is 3.00. The molecule has 178 valence electrons. The van der Waals surface area contributed by atoms with Crippen molar-refractivity contribution in [3.63, 3.8) is 0 Å². The maximum Gasteiger partial charge on any atom is 0.356 e. The van der Waals surface area contributed by atoms with Crippen molar-refractivity contribution < 1.29 is 29.3 Å². The van der Waals surface area contributed by atoms with Crippen molar-refractivity contribution in [2.75, 3.05) is 19.6 Å². The van der Waals surface area contributed by atoms with Crippen LogP contribution in [0, 0.1) is 0 Å². The topological polar surface area (TPSA) is 135 Å². The Morgan fingerprint density at radius 2 is 1.76 bits per heavy atom. The molecule has 1 saturated heterocycles. The quantitative estimate of drug-likeness (QED) is 0.483. The third-order valence-corrected chi connectivity index (χ3v) is 6.48. The van der Waals surface area contributed by atoms with E-state index in [4.69, 9.17) is 33.7 Å². The van der Waals surface area contributed by atoms with Gasteiger partial charge in [-0.1, -0.05) is 35.7 Å². The van der Waals surface area contributed by atoms with Gasteiger partial charge < -0.3 is 30.2 Å². The van der Waals surface area contributed by atoms with Crippen molar-refractivity contribution >= 4 is 41.0 Å². The van der Waals surface area contributed by atoms with E-state index in [0.717, 1.165) is 32.4 Å². The van der Waals surface area contributed by atoms with E-state index < -0.39 is 29.3 Å². The van der Waals surface area contributed by atoms with Gasteiger partial charge in [-0.15, -0.1) is 0 Å². The van der Waals surface area contributed by atoms with Gasteiger partial charge in [-0.25, -0.2) is 9.59 Å². The number of ether oxygens (including phenoxy) is 1. The first-order valence-corrected chi connectivity index (χ1v) is 11.1. The lowest BCUT2D eigenvalue weighted by Gasteiger charge is -2.29. The summed E-state index contributed by atoms with van der Waals surface area (Å²) < 4.78 is 6.88. The summed E-state index contributed by atoms with van der Waals surface area (Å²) in [5, 5.41) is 20.4. The summed E-state index contributed by atoms with van der Waals surface area (Å²) in [5.41, 5.74) is 5.45. The van der Waals surface area contributed by atoms with E-state index in [-0.39, 0.29) is 35.3 Å². The summed E-state index contributed by atoms with van der Waals surface area (Å²) in [5.74, 6) is -4.92. The van der Waals surface area contributed by atoms with Crippen molar-refractivity contribution in [1.29, 1.82) is 0 Å². The van der Waals surface area contributed by atoms with Crippen molar-refractivity contribution in [3.8, 4) is 5.75 Å². The molecule has 1 fully saturated rings. The summed E-state index contributed by atoms with van der Waals surface area (Å²) in [6.45, 7) is 1.54. The molecule has 1 aromatic carbocycles. The third kappa shape index (κ3) is 5.43. The van der Waals surface area contributed by atoms with Gasteiger partial charge in [-0.2, -0.15) is 0 Å². The number of hydrogen-bond acceptors (Lipinski definition) is 5. The molecule has 0 radical (unpaired) electrons. The van der Waals surface area contributed by atoms with Crippen molar-refractivity contribution in [2.45, 2.75) is 31.8 Å². The Morgan fingerprint density at radius 1 is 1.09 bits per heavy atom. The number of primary amides is 1. The molecule has 3 rings (SSSR count). The molecule has 2 aromatic rings. The standard InChI is InChI=1S/C22H25Cl2N3O6/c1-26-17(13(20(25)28)10-27-7-3-2-4-8-27)16(21(29)30)19(18(26)22(31)32)33-11-12-5-6-14(23)15(24)9-12/h5-6,9,13H,2-4,7-8,10-11H2,1H3,(H2,25,28)(H,29,30)(H,31,32). The molecule has 1 aliphatic rings. The molecular formula is C22H25Cl2N3O6. The lowest BCUT2D eigenvalue weighted by molar-refractivity contribution is -0.120. The zero-order chi connectivity index (χ0) is 24.3. The Bertz CT molecular complexity index is 1080. The van der Waals surface area contributed by atoms with Crippen LogP contribution in [0.15, 0.2) is 18.2 Å². The molecule has 11 heteroatoms. The van der Waals surface area contributed by atoms with Crippen molar-refractivity contribution in [1.82, 2.24) is 9.47 Å². The van der Waals surface area contributed by atoms with Gasteiger partial charge in [0.25, 0.3) is 0 Å². The predicted molar refractivity (Wildman–Crippen MR) is 122 cm³/mol. The number of carboxylic acids is 2. The van der Waals surface area contributed by atoms with Crippen LogP contribution in [0.5, 0.6) is 5.75 Å². The third-order valence-electron chi connectivity index (χ3n) is 5.74. The van der Waals surface area contributed by atoms with Crippen LogP contribution >= 0.6 is 23.2 Å². The van der Waals surface area contributed by atoms with Crippen LogP contribution in [-0.4, -0.2) is 57.2 Å². The van der Waals surface area contributed by atoms with E-state index in [2.05, 4.69) is 0 Å². The van der Waals surface area contributed by atoms with Gasteiger partial charge in [0.2, 0.25) is 5.91 Å². The molecule has 2 heterocycles. The van der Waals surface area contributed by atoms with Crippen LogP contribution < -0.4 is 10.5 Å². The van der Waals surface area contributed by atoms with Crippen LogP contribution in [0.2, 0.25) is 10.0 Å². The minimum atomic E-state index is -1.41. The number of carboxylic acid groups (broad SMARTS) is 2. The maximum atomic E-state index is 12.4. The summed E-state index contributed by atoms with van der Waals surface area (Å²) in [6, 6.07) is 4.72. The van der Waals surface area contributed by atoms with Crippen LogP contribution in [0.1, 0.15) is 57.3 Å². The van der Waals surface area contributed by atoms with Crippen LogP contribution in [0.25, 0.3) is 0 Å². The molecule has 0 saturated carbocycles. The predicted octanol–water partition coefficient (Wildman–Crippen LogP) is 3.36. The van der Waals surface area contributed by atoms with E-state index in [1.165, 1.54) is 17.7 Å². The summed E-state index contributed by atoms with van der Waals surface area (Å²) in [7, 11) is 1.39. The number of amides is 1. The Labute approximate surface area is 200 Å². The maximum absolute atomic E-state index is 12.4. The largest absolute Gasteiger partial charge is 0.485 e. The molecule has 4 N–H and O–H groups in total. The Kier molecular flexibility index (Phi) is 7.88. The monoisotopic (exact) mass is 497 g/mol. The minimum absolute atomic E-state index is 0.00196. The second-order valence-corrected chi connectivity index (χ2v) is 8.78. The smallest absolute Gasteiger partial charge is 0.356 e. The number of rotatable bonds is 9. The number of halogens is 2. The first-order chi connectivity index (χ1) is 15.6. The fourth-order valence-corrected chi connectivity index (χ4v) is 4.49. The molecule has 0 spiro atoms. The molecule has 0 bridgehead atoms. The number of carbonyl (C=O) groups is 3. The second kappa shape index (κ2) is 10.5. The Hall–Kier alpha value is -2.75. The lowest BCUT2D eigenvalue weighted by atomic mass is 9.98. The number of piperidine rings is 1. The van der Waals surface area contributed by atoms with Gasteiger partial charge in [0.1, 0.15) is 12.2 Å². The average Bonchev–Trinajstić information content (AvgIpc) is 3.05. The molecule has 33 heavy (non-hydrogen) atoms. The van der Waals surface area contributed by atoms with Gasteiger partial charge in [0.15, 0.2) is 11.4 Å². The fraction of sp³-hybridized carbons (Fsp3) is 0.409. The van der Waals surface area contributed by atoms with Crippen molar-refractivity contribution in [3.05, 3.63) is 50.8 Å². The first kappa shape index (κ1) is 24.9. The number of nitrogens with two attached hydrogens (primary N) is 1. The molecular weight excluding hydrogens is 473 g/mol. The number of carbonyl (C=O) groups excluding carboxylic acids is 1. The fourth-order valence-electron chi connectivity index (χ4n) is 4.17. The average molecular weight is 498 g/mol. The van der Waals surface area contributed by atoms with Gasteiger partial charge >= 0.3 is 11.9 Å². The molecule has 1 unspecified atom stereocenters. The van der Waals surface area contributed by atoms with E-state index in [1.807, 2.05) is 4.90 Å². The van der Waals surface area contributed by atoms with Gasteiger partial charge in [0, 0.05) is 13.6 Å². The lowest BCUT2D eigenvalue weighted by Crippen LogP contribution is -2.39. The second-order valence-electron chi connectivity index (χ2n) is 7.96. The highest BCUT2D eigenvalue weighted by atomic mass is 35.5. The number of aromatic carboxylic acids is 2. The SMILES string of the molecule is Cn1c(C(=O)O)c(OCc2ccc(Cl)c(Cl)c2)c(C(=O)O)c1C(CN1CCCCC1)C(N)=O. The van der Waals surface area contributed by atoms with E-state index in [0.29, 0.717) is 10.6 Å². The highest BCUT2D eigenvalue weighted by Crippen LogP contribution is 2.36. The normalized spacial score (nSPS) is 15.2. The minimum Gasteiger partial charge on any atom is -0.485 e. The van der Waals surface area contributed by atoms with Gasteiger partial charge in [0.05, 0.1) is 21.7 Å². The molecule has 0 aliphatic carbocycles. The number of aromatic nitrogens is 1. The molecule has 9 nitrogen and oxygen atoms in total. The molecule has 1 amide bonds. The summed E-state index contributed by atoms with van der Waals surface area (Å²) in [4.78, 5) is 38.8. The van der Waals surface area contributed by atoms with E-state index in [1.54, 1.807) is 12.1 Å². The van der Waals surface area contributed by atoms with E-state index >= 15 is 0 Å². The van der Waals surface area contributed by atoms with Crippen LogP contribution in [0.3, 0.4) is 0 Å². The van der Waals surface area contributed by atoms with Crippen LogP contribution in [-0.2, 0) is 18.4 Å². The van der Waals surface area contributed by atoms with Crippen LogP contribution in [0.4, 0.5) is 0 Å². The first-order valence-electron chi connectivity index (χ1n) is 10.4. The molecule has 1 aromatic heterocycles. The number of nitrogens with zero attached hydrogens (tertiary/aromatic N) is 2. The highest BCUT2D eigenvalue weighted by molar-refractivity contribution is 6.42. The highest BCUT2D eigenvalue weighted by Gasteiger charge is 2.37. The Balaban J connectivity index is 2.05. The summed E-state index contributed by atoms with van der Waals surface area (Å²) >= 11 is 11.9. The number of hydrogen-bond donors (Lipinski definition) is 3. The Morgan fingerprint density at radius 3 is 2.30 bits per heavy atom. The van der Waals surface area contributed by atoms with Gasteiger partial charge in [-0.05, 0) is 43.6 Å². The zero-order valence-electron chi connectivity index (χ0n) is 18.0. The molecule has 1 aliphatic heterocycles. The zero-order valence-corrected chi connectivity index (χ0v) is 19.5. The number of likely N-dealkylation sites (tertiary alicyclic amines) is 1. The number of benzene rings is 1.